The number of phosphoric acid groups is 1. The zero-order chi connectivity index (χ0) is 39.0. The molecule has 0 aromatic rings. The summed E-state index contributed by atoms with van der Waals surface area (Å²) < 4.78 is 41.0. The Morgan fingerprint density at radius 1 is 0.491 bits per heavy atom. The molecule has 0 saturated carbocycles. The van der Waals surface area contributed by atoms with Crippen LogP contribution in [0.2, 0.25) is 0 Å². The predicted octanol–water partition coefficient (Wildman–Crippen LogP) is 10.9. The van der Waals surface area contributed by atoms with Crippen LogP contribution in [-0.4, -0.2) is 95.7 Å². The highest BCUT2D eigenvalue weighted by atomic mass is 31.2. The van der Waals surface area contributed by atoms with Gasteiger partial charge in [0, 0.05) is 13.2 Å². The van der Waals surface area contributed by atoms with Crippen molar-refractivity contribution >= 4 is 7.82 Å². The summed E-state index contributed by atoms with van der Waals surface area (Å²) in [5, 5.41) is 8.87. The zero-order valence-electron chi connectivity index (χ0n) is 35.6. The molecule has 53 heavy (non-hydrogen) atoms. The van der Waals surface area contributed by atoms with Crippen molar-refractivity contribution in [1.29, 1.82) is 0 Å². The Morgan fingerprint density at radius 2 is 0.887 bits per heavy atom. The molecule has 10 heteroatoms. The number of hydrogen-bond acceptors (Lipinski definition) is 8. The molecule has 0 amide bonds. The van der Waals surface area contributed by atoms with Crippen LogP contribution < -0.4 is 4.89 Å². The van der Waals surface area contributed by atoms with E-state index >= 15 is 0 Å². The van der Waals surface area contributed by atoms with E-state index in [1.54, 1.807) is 0 Å². The lowest BCUT2D eigenvalue weighted by molar-refractivity contribution is -0.890. The largest absolute Gasteiger partial charge is 0.756 e. The van der Waals surface area contributed by atoms with Gasteiger partial charge in [-0.3, -0.25) is 4.57 Å². The number of aliphatic hydroxyl groups excluding tert-OH is 1. The SMILES string of the molecule is CCCCCCCCCCCCCCCCOC[C@@H](COP(=O)([O-])OCC[N+](C)(C)CCOCCO)OCCCCCCCCCCCCCCCC. The zero-order valence-corrected chi connectivity index (χ0v) is 36.5. The molecule has 320 valence electrons. The maximum Gasteiger partial charge on any atom is 0.268 e. The Balaban J connectivity index is 4.29. The summed E-state index contributed by atoms with van der Waals surface area (Å²) >= 11 is 0. The summed E-state index contributed by atoms with van der Waals surface area (Å²) in [5.74, 6) is 0. The smallest absolute Gasteiger partial charge is 0.268 e. The van der Waals surface area contributed by atoms with Gasteiger partial charge in [0.1, 0.15) is 25.8 Å². The van der Waals surface area contributed by atoms with Crippen molar-refractivity contribution in [3.63, 3.8) is 0 Å². The fourth-order valence-electron chi connectivity index (χ4n) is 6.51. The second kappa shape index (κ2) is 40.1. The third kappa shape index (κ3) is 41.4. The van der Waals surface area contributed by atoms with Gasteiger partial charge in [-0.2, -0.15) is 0 Å². The maximum atomic E-state index is 12.6. The fourth-order valence-corrected chi connectivity index (χ4v) is 7.23. The van der Waals surface area contributed by atoms with Crippen LogP contribution in [-0.2, 0) is 27.8 Å². The fraction of sp³-hybridized carbons (Fsp3) is 1.00. The Hall–Kier alpha value is -0.0900. The molecule has 0 aromatic carbocycles. The molecule has 0 heterocycles. The Morgan fingerprint density at radius 3 is 1.32 bits per heavy atom. The first-order chi connectivity index (χ1) is 25.8. The van der Waals surface area contributed by atoms with Crippen LogP contribution in [0.4, 0.5) is 0 Å². The molecule has 0 aliphatic heterocycles. The van der Waals surface area contributed by atoms with Crippen molar-refractivity contribution in [2.45, 2.75) is 200 Å². The van der Waals surface area contributed by atoms with Crippen molar-refractivity contribution in [3.05, 3.63) is 0 Å². The van der Waals surface area contributed by atoms with E-state index in [4.69, 9.17) is 28.4 Å². The Labute approximate surface area is 329 Å². The third-order valence-electron chi connectivity index (χ3n) is 10.2. The van der Waals surface area contributed by atoms with Crippen molar-refractivity contribution in [2.75, 3.05) is 80.0 Å². The van der Waals surface area contributed by atoms with E-state index in [1.165, 1.54) is 154 Å². The second-order valence-corrected chi connectivity index (χ2v) is 17.5. The first-order valence-electron chi connectivity index (χ1n) is 22.6. The van der Waals surface area contributed by atoms with Gasteiger partial charge in [-0.1, -0.05) is 181 Å². The van der Waals surface area contributed by atoms with E-state index in [-0.39, 0.29) is 19.8 Å². The maximum absolute atomic E-state index is 12.6. The summed E-state index contributed by atoms with van der Waals surface area (Å²) in [5.41, 5.74) is 0. The molecule has 0 aliphatic rings. The van der Waals surface area contributed by atoms with Crippen LogP contribution >= 0.6 is 7.82 Å². The van der Waals surface area contributed by atoms with E-state index in [9.17, 15) is 9.46 Å². The number of ether oxygens (including phenoxy) is 3. The van der Waals surface area contributed by atoms with E-state index < -0.39 is 13.9 Å². The topological polar surface area (TPSA) is 107 Å². The monoisotopic (exact) mass is 780 g/mol. The van der Waals surface area contributed by atoms with E-state index in [0.29, 0.717) is 50.6 Å². The highest BCUT2D eigenvalue weighted by Crippen LogP contribution is 2.38. The van der Waals surface area contributed by atoms with Crippen LogP contribution in [0, 0.1) is 0 Å². The van der Waals surface area contributed by atoms with Crippen molar-refractivity contribution in [2.24, 2.45) is 0 Å². The first-order valence-corrected chi connectivity index (χ1v) is 24.0. The number of rotatable bonds is 45. The average Bonchev–Trinajstić information content (AvgIpc) is 3.13. The summed E-state index contributed by atoms with van der Waals surface area (Å²) in [6, 6.07) is 0. The van der Waals surface area contributed by atoms with Crippen LogP contribution in [0.5, 0.6) is 0 Å². The number of phosphoric ester groups is 1. The van der Waals surface area contributed by atoms with E-state index in [1.807, 2.05) is 14.1 Å². The Bertz CT molecular complexity index is 775. The van der Waals surface area contributed by atoms with Gasteiger partial charge in [0.25, 0.3) is 7.82 Å². The number of nitrogens with zero attached hydrogens (tertiary/aromatic N) is 1. The lowest BCUT2D eigenvalue weighted by Gasteiger charge is -2.31. The number of aliphatic hydroxyl groups is 1. The minimum absolute atomic E-state index is 0.0120. The summed E-state index contributed by atoms with van der Waals surface area (Å²) in [6.07, 6.45) is 36.3. The Kier molecular flexibility index (Phi) is 40.1. The number of likely N-dealkylation sites (N-methyl/N-ethyl adjacent to an activating group) is 1. The summed E-state index contributed by atoms with van der Waals surface area (Å²) in [6.45, 7) is 7.93. The molecular weight excluding hydrogens is 689 g/mol. The molecule has 1 N–H and O–H groups in total. The van der Waals surface area contributed by atoms with Crippen LogP contribution in [0.15, 0.2) is 0 Å². The minimum Gasteiger partial charge on any atom is -0.756 e. The van der Waals surface area contributed by atoms with Gasteiger partial charge in [-0.15, -0.1) is 0 Å². The highest BCUT2D eigenvalue weighted by molar-refractivity contribution is 7.45. The molecule has 0 aliphatic carbocycles. The van der Waals surface area contributed by atoms with Gasteiger partial charge in [0.15, 0.2) is 0 Å². The molecule has 0 bridgehead atoms. The summed E-state index contributed by atoms with van der Waals surface area (Å²) in [7, 11) is -0.510. The molecule has 2 atom stereocenters. The number of hydrogen-bond donors (Lipinski definition) is 1. The average molecular weight is 780 g/mol. The number of unbranched alkanes of at least 4 members (excludes halogenated alkanes) is 26. The van der Waals surface area contributed by atoms with Crippen LogP contribution in [0.3, 0.4) is 0 Å². The molecule has 0 aromatic heterocycles. The van der Waals surface area contributed by atoms with Gasteiger partial charge in [-0.25, -0.2) is 0 Å². The van der Waals surface area contributed by atoms with Gasteiger partial charge >= 0.3 is 0 Å². The molecular formula is C43H90NO8P. The predicted molar refractivity (Wildman–Crippen MR) is 220 cm³/mol. The standard InChI is InChI=1S/C43H90NO8P/c1-5-7-9-11-13-15-17-19-21-23-25-27-29-31-36-49-41-43(42-52-53(46,47)51-39-34-44(3,4)33-38-48-40-35-45)50-37-32-30-28-26-24-22-20-18-16-14-12-10-8-6-2/h43,45H,5-42H2,1-4H3/t43-/m0/s1. The third-order valence-corrected chi connectivity index (χ3v) is 11.2. The molecule has 9 nitrogen and oxygen atoms in total. The van der Waals surface area contributed by atoms with Crippen LogP contribution in [0.25, 0.3) is 0 Å². The molecule has 0 radical (unpaired) electrons. The molecule has 0 fully saturated rings. The normalized spacial score (nSPS) is 13.8. The molecule has 1 unspecified atom stereocenters. The van der Waals surface area contributed by atoms with Gasteiger partial charge in [0.2, 0.25) is 0 Å². The lowest BCUT2D eigenvalue weighted by atomic mass is 10.0. The van der Waals surface area contributed by atoms with Gasteiger partial charge < -0.3 is 37.7 Å². The minimum atomic E-state index is -4.48. The first kappa shape index (κ1) is 52.9. The highest BCUT2D eigenvalue weighted by Gasteiger charge is 2.20. The second-order valence-electron chi connectivity index (χ2n) is 16.1. The lowest BCUT2D eigenvalue weighted by Crippen LogP contribution is -2.44. The van der Waals surface area contributed by atoms with Crippen molar-refractivity contribution in [1.82, 2.24) is 0 Å². The van der Waals surface area contributed by atoms with Crippen molar-refractivity contribution in [3.8, 4) is 0 Å². The van der Waals surface area contributed by atoms with Crippen LogP contribution in [0.1, 0.15) is 194 Å². The summed E-state index contributed by atoms with van der Waals surface area (Å²) in [4.78, 5) is 12.6. The number of quaternary nitrogens is 1. The van der Waals surface area contributed by atoms with Gasteiger partial charge in [0.05, 0.1) is 47.1 Å². The van der Waals surface area contributed by atoms with E-state index in [2.05, 4.69) is 13.8 Å². The van der Waals surface area contributed by atoms with Crippen molar-refractivity contribution < 1.29 is 42.3 Å². The molecule has 0 rings (SSSR count). The van der Waals surface area contributed by atoms with E-state index in [0.717, 1.165) is 25.7 Å². The molecule has 0 spiro atoms. The quantitative estimate of drug-likeness (QED) is 0.0370. The van der Waals surface area contributed by atoms with Gasteiger partial charge in [-0.05, 0) is 12.8 Å². The molecule has 0 saturated heterocycles.